The Morgan fingerprint density at radius 1 is 1.57 bits per heavy atom. The predicted octanol–water partition coefficient (Wildman–Crippen LogP) is 2.12. The maximum Gasteiger partial charge on any atom is 0.230 e. The molecule has 14 heavy (non-hydrogen) atoms. The van der Waals surface area contributed by atoms with E-state index < -0.39 is 5.41 Å². The summed E-state index contributed by atoms with van der Waals surface area (Å²) < 4.78 is 0. The maximum absolute atomic E-state index is 11.9. The molecule has 0 radical (unpaired) electrons. The first kappa shape index (κ1) is 13.3. The van der Waals surface area contributed by atoms with Crippen molar-refractivity contribution >= 4 is 17.5 Å². The smallest absolute Gasteiger partial charge is 0.230 e. The lowest BCUT2D eigenvalue weighted by atomic mass is 9.94. The molecule has 0 bridgehead atoms. The standard InChI is InChI=1S/C11H18ClNO/c1-5-7-13(8-6-2)10(14)11(3,4)9-12/h1H,6-9H2,2-4H3. The Kier molecular flexibility index (Phi) is 5.64. The Morgan fingerprint density at radius 3 is 2.50 bits per heavy atom. The van der Waals surface area contributed by atoms with Gasteiger partial charge in [0.15, 0.2) is 0 Å². The normalized spacial score (nSPS) is 10.8. The van der Waals surface area contributed by atoms with Crippen molar-refractivity contribution < 1.29 is 4.79 Å². The highest BCUT2D eigenvalue weighted by atomic mass is 35.5. The number of carbonyl (C=O) groups excluding carboxylic acids is 1. The summed E-state index contributed by atoms with van der Waals surface area (Å²) in [7, 11) is 0. The first-order valence-electron chi connectivity index (χ1n) is 4.78. The molecule has 0 rings (SSSR count). The minimum absolute atomic E-state index is 0.0345. The van der Waals surface area contributed by atoms with Crippen LogP contribution >= 0.6 is 11.6 Å². The first-order valence-corrected chi connectivity index (χ1v) is 5.31. The van der Waals surface area contributed by atoms with Crippen LogP contribution in [0.25, 0.3) is 0 Å². The van der Waals surface area contributed by atoms with Crippen LogP contribution in [0.4, 0.5) is 0 Å². The van der Waals surface area contributed by atoms with E-state index in [4.69, 9.17) is 18.0 Å². The summed E-state index contributed by atoms with van der Waals surface area (Å²) in [6.45, 7) is 6.75. The largest absolute Gasteiger partial charge is 0.331 e. The lowest BCUT2D eigenvalue weighted by Gasteiger charge is -2.29. The molecule has 0 atom stereocenters. The molecule has 0 aromatic heterocycles. The molecule has 0 spiro atoms. The third-order valence-corrected chi connectivity index (χ3v) is 2.64. The number of hydrogen-bond acceptors (Lipinski definition) is 1. The molecule has 0 aliphatic heterocycles. The second-order valence-corrected chi connectivity index (χ2v) is 4.22. The summed E-state index contributed by atoms with van der Waals surface area (Å²) in [6.07, 6.45) is 6.11. The van der Waals surface area contributed by atoms with Gasteiger partial charge in [-0.25, -0.2) is 0 Å². The molecule has 0 saturated carbocycles. The number of rotatable bonds is 5. The van der Waals surface area contributed by atoms with Crippen molar-refractivity contribution in [1.82, 2.24) is 4.90 Å². The number of halogens is 1. The summed E-state index contributed by atoms with van der Waals surface area (Å²) in [6, 6.07) is 0. The van der Waals surface area contributed by atoms with Gasteiger partial charge in [-0.2, -0.15) is 0 Å². The van der Waals surface area contributed by atoms with Crippen LogP contribution in [0.5, 0.6) is 0 Å². The average Bonchev–Trinajstić information content (AvgIpc) is 2.16. The fraction of sp³-hybridized carbons (Fsp3) is 0.727. The van der Waals surface area contributed by atoms with Crippen LogP contribution in [-0.4, -0.2) is 29.8 Å². The summed E-state index contributed by atoms with van der Waals surface area (Å²) >= 11 is 5.73. The molecular formula is C11H18ClNO. The topological polar surface area (TPSA) is 20.3 Å². The highest BCUT2D eigenvalue weighted by Crippen LogP contribution is 2.20. The molecular weight excluding hydrogens is 198 g/mol. The van der Waals surface area contributed by atoms with E-state index in [-0.39, 0.29) is 5.91 Å². The summed E-state index contributed by atoms with van der Waals surface area (Å²) in [5.74, 6) is 2.84. The quantitative estimate of drug-likeness (QED) is 0.508. The summed E-state index contributed by atoms with van der Waals surface area (Å²) in [5.41, 5.74) is -0.520. The zero-order valence-corrected chi connectivity index (χ0v) is 9.90. The van der Waals surface area contributed by atoms with Gasteiger partial charge in [0.2, 0.25) is 5.91 Å². The van der Waals surface area contributed by atoms with Crippen molar-refractivity contribution in [3.8, 4) is 12.3 Å². The molecule has 1 amide bonds. The highest BCUT2D eigenvalue weighted by Gasteiger charge is 2.30. The minimum atomic E-state index is -0.520. The number of alkyl halides is 1. The molecule has 0 aromatic carbocycles. The van der Waals surface area contributed by atoms with Gasteiger partial charge in [0.25, 0.3) is 0 Å². The Hall–Kier alpha value is -0.680. The number of carbonyl (C=O) groups is 1. The molecule has 0 saturated heterocycles. The van der Waals surface area contributed by atoms with E-state index >= 15 is 0 Å². The van der Waals surface area contributed by atoms with Crippen LogP contribution in [0.1, 0.15) is 27.2 Å². The van der Waals surface area contributed by atoms with Gasteiger partial charge >= 0.3 is 0 Å². The third-order valence-electron chi connectivity index (χ3n) is 1.98. The second-order valence-electron chi connectivity index (χ2n) is 3.95. The van der Waals surface area contributed by atoms with Crippen LogP contribution in [0, 0.1) is 17.8 Å². The molecule has 2 nitrogen and oxygen atoms in total. The monoisotopic (exact) mass is 215 g/mol. The zero-order valence-electron chi connectivity index (χ0n) is 9.14. The summed E-state index contributed by atoms with van der Waals surface area (Å²) in [4.78, 5) is 13.6. The second kappa shape index (κ2) is 5.93. The van der Waals surface area contributed by atoms with Crippen LogP contribution in [0.15, 0.2) is 0 Å². The molecule has 0 aliphatic carbocycles. The Bertz CT molecular complexity index is 230. The number of amides is 1. The molecule has 0 unspecified atom stereocenters. The van der Waals surface area contributed by atoms with Crippen molar-refractivity contribution in [2.24, 2.45) is 5.41 Å². The van der Waals surface area contributed by atoms with E-state index in [1.807, 2.05) is 20.8 Å². The van der Waals surface area contributed by atoms with Crippen molar-refractivity contribution in [2.75, 3.05) is 19.0 Å². The van der Waals surface area contributed by atoms with Crippen molar-refractivity contribution in [2.45, 2.75) is 27.2 Å². The molecule has 0 aliphatic rings. The average molecular weight is 216 g/mol. The van der Waals surface area contributed by atoms with E-state index in [1.165, 1.54) is 0 Å². The highest BCUT2D eigenvalue weighted by molar-refractivity contribution is 6.19. The van der Waals surface area contributed by atoms with Crippen molar-refractivity contribution in [1.29, 1.82) is 0 Å². The predicted molar refractivity (Wildman–Crippen MR) is 60.2 cm³/mol. The molecule has 0 heterocycles. The van der Waals surface area contributed by atoms with E-state index in [0.29, 0.717) is 19.0 Å². The van der Waals surface area contributed by atoms with Gasteiger partial charge in [-0.1, -0.05) is 12.8 Å². The van der Waals surface area contributed by atoms with E-state index in [9.17, 15) is 4.79 Å². The molecule has 3 heteroatoms. The molecule has 0 fully saturated rings. The van der Waals surface area contributed by atoms with Crippen LogP contribution in [0.3, 0.4) is 0 Å². The summed E-state index contributed by atoms with van der Waals surface area (Å²) in [5, 5.41) is 0. The van der Waals surface area contributed by atoms with Gasteiger partial charge in [-0.3, -0.25) is 4.79 Å². The third kappa shape index (κ3) is 3.59. The number of terminal acetylenes is 1. The zero-order chi connectivity index (χ0) is 11.2. The van der Waals surface area contributed by atoms with Gasteiger partial charge in [-0.05, 0) is 20.3 Å². The Balaban J connectivity index is 4.51. The fourth-order valence-corrected chi connectivity index (χ4v) is 1.23. The number of nitrogens with zero attached hydrogens (tertiary/aromatic N) is 1. The lowest BCUT2D eigenvalue weighted by molar-refractivity contribution is -0.138. The van der Waals surface area contributed by atoms with E-state index in [0.717, 1.165) is 6.42 Å². The van der Waals surface area contributed by atoms with Crippen LogP contribution in [-0.2, 0) is 4.79 Å². The van der Waals surface area contributed by atoms with Gasteiger partial charge in [0.05, 0.1) is 12.0 Å². The molecule has 0 N–H and O–H groups in total. The van der Waals surface area contributed by atoms with Gasteiger partial charge < -0.3 is 4.90 Å². The van der Waals surface area contributed by atoms with Crippen LogP contribution in [0.2, 0.25) is 0 Å². The molecule has 80 valence electrons. The lowest BCUT2D eigenvalue weighted by Crippen LogP contribution is -2.42. The van der Waals surface area contributed by atoms with Crippen molar-refractivity contribution in [3.63, 3.8) is 0 Å². The van der Waals surface area contributed by atoms with Gasteiger partial charge in [-0.15, -0.1) is 18.0 Å². The van der Waals surface area contributed by atoms with Gasteiger partial charge in [0.1, 0.15) is 0 Å². The Labute approximate surface area is 91.6 Å². The fourth-order valence-electron chi connectivity index (χ4n) is 1.12. The Morgan fingerprint density at radius 2 is 2.14 bits per heavy atom. The van der Waals surface area contributed by atoms with E-state index in [1.54, 1.807) is 4.90 Å². The van der Waals surface area contributed by atoms with E-state index in [2.05, 4.69) is 5.92 Å². The minimum Gasteiger partial charge on any atom is -0.331 e. The maximum atomic E-state index is 11.9. The van der Waals surface area contributed by atoms with Gasteiger partial charge in [0, 0.05) is 12.4 Å². The van der Waals surface area contributed by atoms with Crippen molar-refractivity contribution in [3.05, 3.63) is 0 Å². The SMILES string of the molecule is C#CCN(CCC)C(=O)C(C)(C)CCl. The number of hydrogen-bond donors (Lipinski definition) is 0. The van der Waals surface area contributed by atoms with Crippen LogP contribution < -0.4 is 0 Å². The first-order chi connectivity index (χ1) is 6.49. The molecule has 0 aromatic rings.